The number of hydrogen-bond donors (Lipinski definition) is 4. The van der Waals surface area contributed by atoms with E-state index in [9.17, 15) is 20.1 Å². The van der Waals surface area contributed by atoms with Gasteiger partial charge in [0, 0.05) is 6.42 Å². The minimum Gasteiger partial charge on any atom is -0.394 e. The van der Waals surface area contributed by atoms with Gasteiger partial charge in [0.25, 0.3) is 0 Å². The summed E-state index contributed by atoms with van der Waals surface area (Å²) in [5.41, 5.74) is 0. The van der Waals surface area contributed by atoms with Gasteiger partial charge in [0.15, 0.2) is 0 Å². The van der Waals surface area contributed by atoms with Gasteiger partial charge in [0.05, 0.1) is 18.8 Å². The van der Waals surface area contributed by atoms with E-state index in [1.165, 1.54) is 167 Å². The first-order valence-electron chi connectivity index (χ1n) is 20.3. The Hall–Kier alpha value is -0.650. The number of carbonyl (C=O) groups excluding carboxylic acids is 1. The maximum absolute atomic E-state index is 12.4. The number of hydrogen-bond acceptors (Lipinski definition) is 4. The van der Waals surface area contributed by atoms with Gasteiger partial charge in [0.1, 0.15) is 6.10 Å². The highest BCUT2D eigenvalue weighted by molar-refractivity contribution is 5.76. The quantitative estimate of drug-likeness (QED) is 0.0509. The molecular weight excluding hydrogens is 558 g/mol. The van der Waals surface area contributed by atoms with Crippen LogP contribution in [0.2, 0.25) is 0 Å². The van der Waals surface area contributed by atoms with Crippen molar-refractivity contribution in [3.63, 3.8) is 0 Å². The van der Waals surface area contributed by atoms with Crippen LogP contribution in [0.15, 0.2) is 0 Å². The van der Waals surface area contributed by atoms with Gasteiger partial charge >= 0.3 is 0 Å². The van der Waals surface area contributed by atoms with E-state index in [1.807, 2.05) is 0 Å². The third-order valence-corrected chi connectivity index (χ3v) is 9.71. The van der Waals surface area contributed by atoms with Crippen molar-refractivity contribution in [3.05, 3.63) is 0 Å². The molecule has 0 saturated carbocycles. The molecule has 0 aromatic carbocycles. The molecule has 45 heavy (non-hydrogen) atoms. The summed E-state index contributed by atoms with van der Waals surface area (Å²) >= 11 is 0. The van der Waals surface area contributed by atoms with Gasteiger partial charge in [-0.05, 0) is 12.8 Å². The van der Waals surface area contributed by atoms with E-state index in [2.05, 4.69) is 19.2 Å². The van der Waals surface area contributed by atoms with Crippen molar-refractivity contribution in [3.8, 4) is 0 Å². The lowest BCUT2D eigenvalue weighted by molar-refractivity contribution is -0.124. The molecule has 3 atom stereocenters. The van der Waals surface area contributed by atoms with Gasteiger partial charge in [-0.2, -0.15) is 0 Å². The second kappa shape index (κ2) is 36.2. The van der Waals surface area contributed by atoms with Crippen molar-refractivity contribution >= 4 is 5.91 Å². The van der Waals surface area contributed by atoms with Crippen LogP contribution in [-0.4, -0.2) is 46.1 Å². The van der Waals surface area contributed by atoms with E-state index in [-0.39, 0.29) is 12.5 Å². The molecule has 0 aliphatic carbocycles. The molecule has 0 aliphatic rings. The van der Waals surface area contributed by atoms with Crippen molar-refractivity contribution < 1.29 is 20.1 Å². The first-order chi connectivity index (χ1) is 22.1. The molecule has 4 N–H and O–H groups in total. The standard InChI is InChI=1S/C40H81NO4/c1-3-5-7-9-11-13-15-17-19-21-23-25-27-29-31-33-35-39(44)41-37(36-42)40(45)38(43)34-32-30-28-26-24-22-20-18-16-14-12-10-8-6-4-2/h37-38,40,42-43,45H,3-36H2,1-2H3,(H,41,44)/t37-,38+,40-/m0/s1. The zero-order valence-corrected chi connectivity index (χ0v) is 30.5. The Morgan fingerprint density at radius 2 is 0.756 bits per heavy atom. The van der Waals surface area contributed by atoms with Crippen LogP contribution in [0.5, 0.6) is 0 Å². The van der Waals surface area contributed by atoms with Crippen LogP contribution in [0, 0.1) is 0 Å². The van der Waals surface area contributed by atoms with E-state index >= 15 is 0 Å². The Labute approximate surface area is 281 Å². The van der Waals surface area contributed by atoms with Crippen LogP contribution < -0.4 is 5.32 Å². The third-order valence-electron chi connectivity index (χ3n) is 9.71. The smallest absolute Gasteiger partial charge is 0.220 e. The summed E-state index contributed by atoms with van der Waals surface area (Å²) in [5, 5.41) is 33.5. The lowest BCUT2D eigenvalue weighted by Crippen LogP contribution is -2.50. The molecular formula is C40H81NO4. The number of aliphatic hydroxyl groups is 3. The average Bonchev–Trinajstić information content (AvgIpc) is 3.04. The number of carbonyl (C=O) groups is 1. The lowest BCUT2D eigenvalue weighted by atomic mass is 9.99. The van der Waals surface area contributed by atoms with Crippen LogP contribution in [0.25, 0.3) is 0 Å². The van der Waals surface area contributed by atoms with E-state index in [0.717, 1.165) is 32.1 Å². The molecule has 0 aromatic rings. The summed E-state index contributed by atoms with van der Waals surface area (Å²) < 4.78 is 0. The highest BCUT2D eigenvalue weighted by atomic mass is 16.3. The van der Waals surface area contributed by atoms with Gasteiger partial charge < -0.3 is 20.6 Å². The molecule has 0 heterocycles. The second-order valence-electron chi connectivity index (χ2n) is 14.2. The predicted molar refractivity (Wildman–Crippen MR) is 195 cm³/mol. The van der Waals surface area contributed by atoms with Crippen LogP contribution >= 0.6 is 0 Å². The Morgan fingerprint density at radius 3 is 1.07 bits per heavy atom. The maximum atomic E-state index is 12.4. The molecule has 0 aliphatic heterocycles. The molecule has 0 fully saturated rings. The van der Waals surface area contributed by atoms with Crippen molar-refractivity contribution in [2.75, 3.05) is 6.61 Å². The molecule has 0 saturated heterocycles. The monoisotopic (exact) mass is 640 g/mol. The molecule has 0 rings (SSSR count). The minimum atomic E-state index is -1.13. The Balaban J connectivity index is 3.62. The molecule has 1 amide bonds. The van der Waals surface area contributed by atoms with Crippen molar-refractivity contribution in [2.45, 2.75) is 244 Å². The maximum Gasteiger partial charge on any atom is 0.220 e. The number of unbranched alkanes of at least 4 members (excludes halogenated alkanes) is 29. The summed E-state index contributed by atoms with van der Waals surface area (Å²) in [7, 11) is 0. The first-order valence-corrected chi connectivity index (χ1v) is 20.3. The fourth-order valence-corrected chi connectivity index (χ4v) is 6.52. The van der Waals surface area contributed by atoms with E-state index in [0.29, 0.717) is 12.8 Å². The first kappa shape index (κ1) is 44.4. The van der Waals surface area contributed by atoms with Crippen LogP contribution in [0.3, 0.4) is 0 Å². The zero-order valence-electron chi connectivity index (χ0n) is 30.5. The number of nitrogens with one attached hydrogen (secondary N) is 1. The summed E-state index contributed by atoms with van der Waals surface area (Å²) in [5.74, 6) is -0.141. The molecule has 5 heteroatoms. The molecule has 270 valence electrons. The van der Waals surface area contributed by atoms with E-state index < -0.39 is 18.2 Å². The fourth-order valence-electron chi connectivity index (χ4n) is 6.52. The highest BCUT2D eigenvalue weighted by Crippen LogP contribution is 2.17. The molecule has 5 nitrogen and oxygen atoms in total. The highest BCUT2D eigenvalue weighted by Gasteiger charge is 2.26. The van der Waals surface area contributed by atoms with Gasteiger partial charge in [-0.25, -0.2) is 0 Å². The summed E-state index contributed by atoms with van der Waals surface area (Å²) in [6, 6.07) is -0.801. The van der Waals surface area contributed by atoms with Crippen LogP contribution in [0.4, 0.5) is 0 Å². The Morgan fingerprint density at radius 1 is 0.467 bits per heavy atom. The van der Waals surface area contributed by atoms with Crippen LogP contribution in [-0.2, 0) is 4.79 Å². The Bertz CT molecular complexity index is 587. The topological polar surface area (TPSA) is 89.8 Å². The second-order valence-corrected chi connectivity index (χ2v) is 14.2. The average molecular weight is 640 g/mol. The van der Waals surface area contributed by atoms with Crippen molar-refractivity contribution in [1.82, 2.24) is 5.32 Å². The molecule has 0 spiro atoms. The minimum absolute atomic E-state index is 0.141. The number of rotatable bonds is 37. The van der Waals surface area contributed by atoms with Gasteiger partial charge in [-0.15, -0.1) is 0 Å². The predicted octanol–water partition coefficient (Wildman–Crippen LogP) is 11.1. The van der Waals surface area contributed by atoms with E-state index in [4.69, 9.17) is 0 Å². The third kappa shape index (κ3) is 31.7. The normalized spacial score (nSPS) is 13.6. The molecule has 0 aromatic heterocycles. The van der Waals surface area contributed by atoms with Gasteiger partial charge in [0.2, 0.25) is 5.91 Å². The zero-order chi connectivity index (χ0) is 33.1. The molecule has 0 bridgehead atoms. The number of amides is 1. The SMILES string of the molecule is CCCCCCCCCCCCCCCCCCC(=O)N[C@@H](CO)[C@H](O)[C@H](O)CCCCCCCCCCCCCCCCC. The van der Waals surface area contributed by atoms with Crippen LogP contribution in [0.1, 0.15) is 226 Å². The van der Waals surface area contributed by atoms with Gasteiger partial charge in [-0.3, -0.25) is 4.79 Å². The Kier molecular flexibility index (Phi) is 35.7. The molecule has 0 unspecified atom stereocenters. The molecule has 0 radical (unpaired) electrons. The van der Waals surface area contributed by atoms with E-state index in [1.54, 1.807) is 0 Å². The summed E-state index contributed by atoms with van der Waals surface area (Å²) in [4.78, 5) is 12.4. The van der Waals surface area contributed by atoms with Gasteiger partial charge in [-0.1, -0.05) is 206 Å². The fraction of sp³-hybridized carbons (Fsp3) is 0.975. The largest absolute Gasteiger partial charge is 0.394 e. The summed E-state index contributed by atoms with van der Waals surface area (Å²) in [6.45, 7) is 4.19. The number of aliphatic hydroxyl groups excluding tert-OH is 3. The van der Waals surface area contributed by atoms with Crippen molar-refractivity contribution in [2.24, 2.45) is 0 Å². The summed E-state index contributed by atoms with van der Waals surface area (Å²) in [6.07, 6.45) is 39.1. The van der Waals surface area contributed by atoms with Crippen molar-refractivity contribution in [1.29, 1.82) is 0 Å². The lowest BCUT2D eigenvalue weighted by Gasteiger charge is -2.26.